The quantitative estimate of drug-likeness (QED) is 0.558. The zero-order chi connectivity index (χ0) is 17.1. The van der Waals surface area contributed by atoms with Crippen molar-refractivity contribution in [1.29, 1.82) is 0 Å². The third kappa shape index (κ3) is 4.18. The maximum Gasteiger partial charge on any atom is 0.289 e. The van der Waals surface area contributed by atoms with Gasteiger partial charge in [-0.05, 0) is 31.5 Å². The largest absolute Gasteiger partial charge is 0.383 e. The minimum absolute atomic E-state index is 0.0762. The SMILES string of the molecule is COCC1(CNS(=O)(=O)c2cc(Cl)ccc2[N+](=O)[O-])CCCN1. The van der Waals surface area contributed by atoms with Crippen LogP contribution in [-0.2, 0) is 14.8 Å². The lowest BCUT2D eigenvalue weighted by Crippen LogP contribution is -2.52. The van der Waals surface area contributed by atoms with Gasteiger partial charge < -0.3 is 10.1 Å². The molecule has 1 atom stereocenters. The summed E-state index contributed by atoms with van der Waals surface area (Å²) in [4.78, 5) is 9.85. The molecule has 1 aromatic rings. The number of nitrogens with one attached hydrogen (secondary N) is 2. The normalized spacial score (nSPS) is 21.5. The molecular weight excluding hydrogens is 346 g/mol. The van der Waals surface area contributed by atoms with Crippen LogP contribution in [0.3, 0.4) is 0 Å². The van der Waals surface area contributed by atoms with Gasteiger partial charge in [0.25, 0.3) is 5.69 Å². The molecule has 0 spiro atoms. The number of rotatable bonds is 7. The average molecular weight is 364 g/mol. The third-order valence-corrected chi connectivity index (χ3v) is 5.43. The molecule has 2 rings (SSSR count). The van der Waals surface area contributed by atoms with Crippen LogP contribution in [0.2, 0.25) is 5.02 Å². The number of benzene rings is 1. The topological polar surface area (TPSA) is 111 Å². The summed E-state index contributed by atoms with van der Waals surface area (Å²) in [6, 6.07) is 3.44. The second-order valence-electron chi connectivity index (χ2n) is 5.44. The fourth-order valence-electron chi connectivity index (χ4n) is 2.64. The van der Waals surface area contributed by atoms with Crippen molar-refractivity contribution in [3.63, 3.8) is 0 Å². The van der Waals surface area contributed by atoms with Gasteiger partial charge in [0.2, 0.25) is 10.0 Å². The number of ether oxygens (including phenoxy) is 1. The van der Waals surface area contributed by atoms with Crippen molar-refractivity contribution in [3.05, 3.63) is 33.3 Å². The van der Waals surface area contributed by atoms with Crippen LogP contribution >= 0.6 is 11.6 Å². The zero-order valence-electron chi connectivity index (χ0n) is 12.5. The molecule has 128 valence electrons. The highest BCUT2D eigenvalue weighted by molar-refractivity contribution is 7.89. The number of sulfonamides is 1. The zero-order valence-corrected chi connectivity index (χ0v) is 14.1. The van der Waals surface area contributed by atoms with E-state index in [1.165, 1.54) is 13.2 Å². The van der Waals surface area contributed by atoms with Crippen molar-refractivity contribution >= 4 is 27.3 Å². The van der Waals surface area contributed by atoms with Gasteiger partial charge in [-0.2, -0.15) is 0 Å². The van der Waals surface area contributed by atoms with Crippen LogP contribution in [0.25, 0.3) is 0 Å². The molecule has 1 aromatic carbocycles. The summed E-state index contributed by atoms with van der Waals surface area (Å²) in [5.41, 5.74) is -1.02. The van der Waals surface area contributed by atoms with Crippen molar-refractivity contribution in [2.24, 2.45) is 0 Å². The van der Waals surface area contributed by atoms with Crippen LogP contribution in [0.1, 0.15) is 12.8 Å². The number of halogens is 1. The lowest BCUT2D eigenvalue weighted by atomic mass is 9.99. The number of hydrogen-bond donors (Lipinski definition) is 2. The summed E-state index contributed by atoms with van der Waals surface area (Å²) in [6.45, 7) is 1.18. The summed E-state index contributed by atoms with van der Waals surface area (Å²) < 4.78 is 32.5. The van der Waals surface area contributed by atoms with E-state index in [1.807, 2.05) is 0 Å². The molecule has 0 aromatic heterocycles. The van der Waals surface area contributed by atoms with E-state index in [0.29, 0.717) is 6.61 Å². The van der Waals surface area contributed by atoms with Gasteiger partial charge in [0.05, 0.1) is 17.1 Å². The molecule has 1 unspecified atom stereocenters. The van der Waals surface area contributed by atoms with Gasteiger partial charge >= 0.3 is 0 Å². The van der Waals surface area contributed by atoms with Gasteiger partial charge in [-0.1, -0.05) is 11.6 Å². The van der Waals surface area contributed by atoms with Gasteiger partial charge in [-0.3, -0.25) is 10.1 Å². The molecule has 0 saturated carbocycles. The summed E-state index contributed by atoms with van der Waals surface area (Å²) in [5.74, 6) is 0. The molecule has 0 aliphatic carbocycles. The average Bonchev–Trinajstić information content (AvgIpc) is 2.94. The molecule has 0 radical (unpaired) electrons. The van der Waals surface area contributed by atoms with Crippen LogP contribution in [0.15, 0.2) is 23.1 Å². The van der Waals surface area contributed by atoms with Gasteiger partial charge in [-0.25, -0.2) is 13.1 Å². The second-order valence-corrected chi connectivity index (χ2v) is 7.61. The highest BCUT2D eigenvalue weighted by atomic mass is 35.5. The Morgan fingerprint density at radius 2 is 2.26 bits per heavy atom. The first-order valence-corrected chi connectivity index (χ1v) is 8.83. The van der Waals surface area contributed by atoms with Crippen molar-refractivity contribution in [2.75, 3.05) is 26.8 Å². The highest BCUT2D eigenvalue weighted by Gasteiger charge is 2.36. The Morgan fingerprint density at radius 1 is 1.52 bits per heavy atom. The van der Waals surface area contributed by atoms with Gasteiger partial charge in [-0.15, -0.1) is 0 Å². The number of nitro groups is 1. The van der Waals surface area contributed by atoms with Crippen molar-refractivity contribution in [1.82, 2.24) is 10.0 Å². The Labute approximate surface area is 139 Å². The summed E-state index contributed by atoms with van der Waals surface area (Å²) in [5, 5.41) is 14.4. The molecule has 2 N–H and O–H groups in total. The number of methoxy groups -OCH3 is 1. The lowest BCUT2D eigenvalue weighted by molar-refractivity contribution is -0.387. The molecule has 1 fully saturated rings. The molecule has 0 bridgehead atoms. The first-order chi connectivity index (χ1) is 10.8. The van der Waals surface area contributed by atoms with E-state index in [2.05, 4.69) is 10.0 Å². The third-order valence-electron chi connectivity index (χ3n) is 3.76. The van der Waals surface area contributed by atoms with Crippen molar-refractivity contribution in [3.8, 4) is 0 Å². The minimum Gasteiger partial charge on any atom is -0.383 e. The van der Waals surface area contributed by atoms with E-state index in [0.717, 1.165) is 31.5 Å². The van der Waals surface area contributed by atoms with Crippen LogP contribution in [0, 0.1) is 10.1 Å². The Kier molecular flexibility index (Phi) is 5.58. The molecule has 1 heterocycles. The summed E-state index contributed by atoms with van der Waals surface area (Å²) >= 11 is 5.78. The minimum atomic E-state index is -4.07. The number of nitro benzene ring substituents is 1. The maximum absolute atomic E-state index is 12.5. The van der Waals surface area contributed by atoms with E-state index in [9.17, 15) is 18.5 Å². The fourth-order valence-corrected chi connectivity index (χ4v) is 4.19. The molecule has 1 aliphatic rings. The Bertz CT molecular complexity index is 689. The van der Waals surface area contributed by atoms with Gasteiger partial charge in [0.1, 0.15) is 0 Å². The molecule has 8 nitrogen and oxygen atoms in total. The molecule has 0 amide bonds. The van der Waals surface area contributed by atoms with Crippen LogP contribution in [-0.4, -0.2) is 45.7 Å². The van der Waals surface area contributed by atoms with E-state index < -0.39 is 31.1 Å². The van der Waals surface area contributed by atoms with E-state index >= 15 is 0 Å². The first-order valence-electron chi connectivity index (χ1n) is 6.97. The molecule has 1 aliphatic heterocycles. The molecule has 10 heteroatoms. The predicted molar refractivity (Wildman–Crippen MR) is 85.1 cm³/mol. The predicted octanol–water partition coefficient (Wildman–Crippen LogP) is 1.30. The smallest absolute Gasteiger partial charge is 0.289 e. The first kappa shape index (κ1) is 18.1. The van der Waals surface area contributed by atoms with E-state index in [4.69, 9.17) is 16.3 Å². The van der Waals surface area contributed by atoms with E-state index in [-0.39, 0.29) is 11.6 Å². The van der Waals surface area contributed by atoms with Crippen LogP contribution in [0.5, 0.6) is 0 Å². The van der Waals surface area contributed by atoms with Gasteiger partial charge in [0.15, 0.2) is 4.90 Å². The number of hydrogen-bond acceptors (Lipinski definition) is 6. The summed E-state index contributed by atoms with van der Waals surface area (Å²) in [6.07, 6.45) is 1.66. The highest BCUT2D eigenvalue weighted by Crippen LogP contribution is 2.27. The standard InChI is InChI=1S/C13H18ClN3O5S/c1-22-9-13(5-2-6-15-13)8-16-23(20,21)12-7-10(14)3-4-11(12)17(18)19/h3-4,7,15-16H,2,5-6,8-9H2,1H3. The summed E-state index contributed by atoms with van der Waals surface area (Å²) in [7, 11) is -2.53. The maximum atomic E-state index is 12.5. The Morgan fingerprint density at radius 3 is 2.83 bits per heavy atom. The van der Waals surface area contributed by atoms with Crippen LogP contribution < -0.4 is 10.0 Å². The molecule has 23 heavy (non-hydrogen) atoms. The molecule has 1 saturated heterocycles. The van der Waals surface area contributed by atoms with E-state index in [1.54, 1.807) is 0 Å². The monoisotopic (exact) mass is 363 g/mol. The van der Waals surface area contributed by atoms with Gasteiger partial charge in [0, 0.05) is 24.7 Å². The van der Waals surface area contributed by atoms with Crippen molar-refractivity contribution in [2.45, 2.75) is 23.3 Å². The Hall–Kier alpha value is -1.26. The van der Waals surface area contributed by atoms with Crippen molar-refractivity contribution < 1.29 is 18.1 Å². The molecular formula is C13H18ClN3O5S. The lowest BCUT2D eigenvalue weighted by Gasteiger charge is -2.28. The van der Waals surface area contributed by atoms with Crippen LogP contribution in [0.4, 0.5) is 5.69 Å². The second kappa shape index (κ2) is 7.10. The Balaban J connectivity index is 2.25. The number of nitrogens with zero attached hydrogens (tertiary/aromatic N) is 1. The fraction of sp³-hybridized carbons (Fsp3) is 0.538.